The minimum absolute atomic E-state index is 0.448. The molecule has 24 heavy (non-hydrogen) atoms. The van der Waals surface area contributed by atoms with Crippen LogP contribution < -0.4 is 5.32 Å². The number of para-hydroxylation sites is 1. The fourth-order valence-electron chi connectivity index (χ4n) is 4.30. The maximum absolute atomic E-state index is 5.51. The number of hydrogen-bond acceptors (Lipinski definition) is 4. The Kier molecular flexibility index (Phi) is 4.67. The summed E-state index contributed by atoms with van der Waals surface area (Å²) in [6.07, 6.45) is 8.62. The molecule has 0 radical (unpaired) electrons. The van der Waals surface area contributed by atoms with Gasteiger partial charge in [0.25, 0.3) is 0 Å². The minimum Gasteiger partial charge on any atom is -0.382 e. The molecule has 0 amide bonds. The Hall–Kier alpha value is -1.65. The third-order valence-corrected chi connectivity index (χ3v) is 5.73. The summed E-state index contributed by atoms with van der Waals surface area (Å²) in [7, 11) is 1.84. The number of pyridine rings is 1. The molecule has 1 atom stereocenters. The van der Waals surface area contributed by atoms with E-state index in [1.54, 1.807) is 0 Å². The number of fused-ring (bicyclic) bond motifs is 1. The van der Waals surface area contributed by atoms with E-state index in [9.17, 15) is 0 Å². The van der Waals surface area contributed by atoms with Crippen LogP contribution in [0, 0.1) is 0 Å². The van der Waals surface area contributed by atoms with Crippen LogP contribution in [0.5, 0.6) is 0 Å². The van der Waals surface area contributed by atoms with Gasteiger partial charge in [0, 0.05) is 49.6 Å². The Morgan fingerprint density at radius 3 is 2.71 bits per heavy atom. The molecule has 1 aromatic carbocycles. The fourth-order valence-corrected chi connectivity index (χ4v) is 4.30. The highest BCUT2D eigenvalue weighted by atomic mass is 16.5. The van der Waals surface area contributed by atoms with E-state index in [1.165, 1.54) is 49.7 Å². The zero-order valence-corrected chi connectivity index (χ0v) is 14.4. The average Bonchev–Trinajstić information content (AvgIpc) is 3.12. The van der Waals surface area contributed by atoms with E-state index in [1.807, 2.05) is 19.4 Å². The summed E-state index contributed by atoms with van der Waals surface area (Å²) < 4.78 is 5.51. The van der Waals surface area contributed by atoms with Crippen LogP contribution in [0.15, 0.2) is 36.5 Å². The van der Waals surface area contributed by atoms with Crippen molar-refractivity contribution in [3.05, 3.63) is 36.5 Å². The van der Waals surface area contributed by atoms with Crippen LogP contribution in [0.2, 0.25) is 0 Å². The third kappa shape index (κ3) is 3.26. The van der Waals surface area contributed by atoms with Crippen molar-refractivity contribution in [2.75, 3.05) is 25.5 Å². The number of anilines is 1. The van der Waals surface area contributed by atoms with Crippen molar-refractivity contribution in [3.63, 3.8) is 0 Å². The van der Waals surface area contributed by atoms with Crippen LogP contribution in [-0.2, 0) is 4.74 Å². The van der Waals surface area contributed by atoms with Crippen LogP contribution in [0.4, 0.5) is 5.69 Å². The number of nitrogens with one attached hydrogen (secondary N) is 1. The molecule has 4 nitrogen and oxygen atoms in total. The van der Waals surface area contributed by atoms with E-state index in [4.69, 9.17) is 4.74 Å². The van der Waals surface area contributed by atoms with Gasteiger partial charge in [-0.1, -0.05) is 18.2 Å². The fraction of sp³-hybridized carbons (Fsp3) is 0.550. The van der Waals surface area contributed by atoms with Gasteiger partial charge >= 0.3 is 0 Å². The second kappa shape index (κ2) is 7.08. The number of benzene rings is 1. The highest BCUT2D eigenvalue weighted by Crippen LogP contribution is 2.30. The molecule has 4 rings (SSSR count). The van der Waals surface area contributed by atoms with Gasteiger partial charge in [0.1, 0.15) is 0 Å². The van der Waals surface area contributed by atoms with Gasteiger partial charge in [0.2, 0.25) is 0 Å². The predicted molar refractivity (Wildman–Crippen MR) is 98.4 cm³/mol. The largest absolute Gasteiger partial charge is 0.382 e. The summed E-state index contributed by atoms with van der Waals surface area (Å²) in [5.41, 5.74) is 2.29. The third-order valence-electron chi connectivity index (χ3n) is 5.73. The Labute approximate surface area is 144 Å². The lowest BCUT2D eigenvalue weighted by atomic mass is 9.90. The van der Waals surface area contributed by atoms with Crippen LogP contribution in [-0.4, -0.2) is 48.3 Å². The van der Waals surface area contributed by atoms with Crippen molar-refractivity contribution >= 4 is 16.6 Å². The maximum Gasteiger partial charge on any atom is 0.0722 e. The van der Waals surface area contributed by atoms with Gasteiger partial charge in [-0.3, -0.25) is 9.88 Å². The molecule has 0 bridgehead atoms. The molecule has 2 aliphatic rings. The lowest BCUT2D eigenvalue weighted by Gasteiger charge is -2.35. The normalized spacial score (nSPS) is 28.3. The molecule has 4 heteroatoms. The van der Waals surface area contributed by atoms with E-state index in [0.29, 0.717) is 12.1 Å². The molecule has 0 spiro atoms. The van der Waals surface area contributed by atoms with E-state index >= 15 is 0 Å². The summed E-state index contributed by atoms with van der Waals surface area (Å²) in [6, 6.07) is 11.8. The van der Waals surface area contributed by atoms with Crippen LogP contribution in [0.25, 0.3) is 10.9 Å². The zero-order valence-electron chi connectivity index (χ0n) is 14.4. The maximum atomic E-state index is 5.51. The van der Waals surface area contributed by atoms with Crippen molar-refractivity contribution < 1.29 is 4.74 Å². The van der Waals surface area contributed by atoms with Crippen molar-refractivity contribution in [2.45, 2.75) is 50.3 Å². The topological polar surface area (TPSA) is 37.4 Å². The first-order chi connectivity index (χ1) is 11.8. The monoisotopic (exact) mass is 325 g/mol. The quantitative estimate of drug-likeness (QED) is 0.930. The second-order valence-corrected chi connectivity index (χ2v) is 7.17. The van der Waals surface area contributed by atoms with Crippen molar-refractivity contribution in [3.8, 4) is 0 Å². The number of rotatable bonds is 4. The van der Waals surface area contributed by atoms with E-state index in [0.717, 1.165) is 18.1 Å². The van der Waals surface area contributed by atoms with E-state index in [2.05, 4.69) is 39.5 Å². The average molecular weight is 325 g/mol. The molecule has 1 aliphatic carbocycles. The molecule has 2 fully saturated rings. The Morgan fingerprint density at radius 1 is 1.08 bits per heavy atom. The first-order valence-corrected chi connectivity index (χ1v) is 9.20. The molecule has 2 heterocycles. The first kappa shape index (κ1) is 15.9. The zero-order chi connectivity index (χ0) is 16.4. The summed E-state index contributed by atoms with van der Waals surface area (Å²) in [5, 5.41) is 5.00. The summed E-state index contributed by atoms with van der Waals surface area (Å²) in [4.78, 5) is 7.10. The van der Waals surface area contributed by atoms with Gasteiger partial charge in [-0.05, 0) is 44.2 Å². The van der Waals surface area contributed by atoms with Gasteiger partial charge in [-0.25, -0.2) is 0 Å². The van der Waals surface area contributed by atoms with Gasteiger partial charge in [0.05, 0.1) is 11.6 Å². The Balaban J connectivity index is 1.36. The molecule has 1 saturated heterocycles. The predicted octanol–water partition coefficient (Wildman–Crippen LogP) is 3.68. The molecule has 2 aromatic rings. The van der Waals surface area contributed by atoms with Crippen molar-refractivity contribution in [1.82, 2.24) is 9.88 Å². The summed E-state index contributed by atoms with van der Waals surface area (Å²) >= 11 is 0. The molecular weight excluding hydrogens is 298 g/mol. The van der Waals surface area contributed by atoms with Crippen LogP contribution >= 0.6 is 0 Å². The number of likely N-dealkylation sites (tertiary alicyclic amines) is 1. The van der Waals surface area contributed by atoms with Gasteiger partial charge in [-0.15, -0.1) is 0 Å². The highest BCUT2D eigenvalue weighted by Gasteiger charge is 2.31. The van der Waals surface area contributed by atoms with Gasteiger partial charge < -0.3 is 10.1 Å². The lowest BCUT2D eigenvalue weighted by molar-refractivity contribution is 0.0947. The number of ether oxygens (including phenoxy) is 1. The summed E-state index contributed by atoms with van der Waals surface area (Å²) in [6.45, 7) is 2.32. The van der Waals surface area contributed by atoms with E-state index in [-0.39, 0.29) is 0 Å². The van der Waals surface area contributed by atoms with E-state index < -0.39 is 0 Å². The lowest BCUT2D eigenvalue weighted by Crippen LogP contribution is -2.39. The van der Waals surface area contributed by atoms with Crippen molar-refractivity contribution in [1.29, 1.82) is 0 Å². The SMILES string of the molecule is COC1CCN(C2CCC(Nc3ccnc4ccccc34)CC2)C1. The first-order valence-electron chi connectivity index (χ1n) is 9.20. The molecule has 128 valence electrons. The minimum atomic E-state index is 0.448. The molecule has 1 saturated carbocycles. The number of nitrogens with zero attached hydrogens (tertiary/aromatic N) is 2. The van der Waals surface area contributed by atoms with Crippen LogP contribution in [0.1, 0.15) is 32.1 Å². The molecule has 1 unspecified atom stereocenters. The van der Waals surface area contributed by atoms with Gasteiger partial charge in [-0.2, -0.15) is 0 Å². The standard InChI is InChI=1S/C20H27N3O/c1-24-17-11-13-23(14-17)16-8-6-15(7-9-16)22-20-10-12-21-19-5-3-2-4-18(19)20/h2-5,10,12,15-17H,6-9,11,13-14H2,1H3,(H,21,22). The molecule has 1 N–H and O–H groups in total. The van der Waals surface area contributed by atoms with Gasteiger partial charge in [0.15, 0.2) is 0 Å². The smallest absolute Gasteiger partial charge is 0.0722 e. The number of methoxy groups -OCH3 is 1. The molecule has 1 aromatic heterocycles. The second-order valence-electron chi connectivity index (χ2n) is 7.17. The molecular formula is C20H27N3O. The number of hydrogen-bond donors (Lipinski definition) is 1. The molecule has 1 aliphatic heterocycles. The highest BCUT2D eigenvalue weighted by molar-refractivity contribution is 5.90. The number of aromatic nitrogens is 1. The Bertz CT molecular complexity index is 676. The van der Waals surface area contributed by atoms with Crippen molar-refractivity contribution in [2.24, 2.45) is 0 Å². The van der Waals surface area contributed by atoms with Crippen LogP contribution in [0.3, 0.4) is 0 Å². The Morgan fingerprint density at radius 2 is 1.92 bits per heavy atom. The summed E-state index contributed by atoms with van der Waals surface area (Å²) in [5.74, 6) is 0.